The molecule has 1 aromatic rings. The van der Waals surface area contributed by atoms with Crippen molar-refractivity contribution in [3.63, 3.8) is 0 Å². The fraction of sp³-hybridized carbons (Fsp3) is 0.600. The molecule has 0 aromatic heterocycles. The van der Waals surface area contributed by atoms with Crippen LogP contribution in [0.5, 0.6) is 5.75 Å². The van der Waals surface area contributed by atoms with E-state index in [2.05, 4.69) is 22.3 Å². The summed E-state index contributed by atoms with van der Waals surface area (Å²) in [7, 11) is 0. The topological polar surface area (TPSA) is 24.5 Å². The van der Waals surface area contributed by atoms with Crippen LogP contribution in [-0.4, -0.2) is 37.7 Å². The Morgan fingerprint density at radius 1 is 1.25 bits per heavy atom. The molecule has 0 amide bonds. The van der Waals surface area contributed by atoms with Crippen LogP contribution in [-0.2, 0) is 13.0 Å². The summed E-state index contributed by atoms with van der Waals surface area (Å²) in [5, 5.41) is 4.33. The molecule has 2 fully saturated rings. The summed E-state index contributed by atoms with van der Waals surface area (Å²) < 4.78 is 5.79. The van der Waals surface area contributed by atoms with Crippen molar-refractivity contribution >= 4 is 24.0 Å². The summed E-state index contributed by atoms with van der Waals surface area (Å²) in [5.74, 6) is 2.78. The second-order valence-corrected chi connectivity index (χ2v) is 6.46. The molecule has 0 unspecified atom stereocenters. The third-order valence-electron chi connectivity index (χ3n) is 4.68. The van der Waals surface area contributed by atoms with Crippen molar-refractivity contribution in [2.24, 2.45) is 11.8 Å². The second kappa shape index (κ2) is 5.72. The Kier molecular flexibility index (Phi) is 4.14. The number of halogens is 2. The van der Waals surface area contributed by atoms with Gasteiger partial charge in [0.1, 0.15) is 5.75 Å². The van der Waals surface area contributed by atoms with Crippen LogP contribution < -0.4 is 10.1 Å². The van der Waals surface area contributed by atoms with E-state index in [4.69, 9.17) is 16.3 Å². The fourth-order valence-electron chi connectivity index (χ4n) is 3.79. The predicted molar refractivity (Wildman–Crippen MR) is 83.0 cm³/mol. The molecule has 0 bridgehead atoms. The lowest BCUT2D eigenvalue weighted by Crippen LogP contribution is -2.25. The molecule has 0 spiro atoms. The van der Waals surface area contributed by atoms with Crippen molar-refractivity contribution < 1.29 is 4.74 Å². The van der Waals surface area contributed by atoms with Crippen molar-refractivity contribution in [3.05, 3.63) is 28.3 Å². The lowest BCUT2D eigenvalue weighted by atomic mass is 10.0. The molecule has 1 N–H and O–H groups in total. The van der Waals surface area contributed by atoms with E-state index in [-0.39, 0.29) is 12.4 Å². The molecule has 3 aliphatic heterocycles. The highest BCUT2D eigenvalue weighted by Gasteiger charge is 2.36. The maximum Gasteiger partial charge on any atom is 0.127 e. The lowest BCUT2D eigenvalue weighted by Gasteiger charge is -2.19. The van der Waals surface area contributed by atoms with E-state index < -0.39 is 0 Å². The average molecular weight is 315 g/mol. The molecular formula is C15H20Cl2N2O. The zero-order valence-corrected chi connectivity index (χ0v) is 13.0. The zero-order valence-electron chi connectivity index (χ0n) is 11.4. The number of hydrogen-bond acceptors (Lipinski definition) is 3. The van der Waals surface area contributed by atoms with Gasteiger partial charge in [0.15, 0.2) is 0 Å². The molecule has 2 saturated heterocycles. The summed E-state index contributed by atoms with van der Waals surface area (Å²) in [6.07, 6.45) is 0.998. The first-order valence-electron chi connectivity index (χ1n) is 7.17. The number of ether oxygens (including phenoxy) is 1. The molecule has 0 aliphatic carbocycles. The van der Waals surface area contributed by atoms with Gasteiger partial charge in [-0.2, -0.15) is 0 Å². The van der Waals surface area contributed by atoms with Crippen molar-refractivity contribution in [2.45, 2.75) is 13.0 Å². The zero-order chi connectivity index (χ0) is 12.8. The maximum absolute atomic E-state index is 6.23. The van der Waals surface area contributed by atoms with Crippen LogP contribution in [0.15, 0.2) is 12.1 Å². The van der Waals surface area contributed by atoms with Crippen molar-refractivity contribution in [3.8, 4) is 5.75 Å². The first kappa shape index (κ1) is 14.5. The first-order chi connectivity index (χ1) is 9.29. The Hall–Kier alpha value is -0.480. The Morgan fingerprint density at radius 3 is 2.75 bits per heavy atom. The van der Waals surface area contributed by atoms with Crippen LogP contribution in [0.2, 0.25) is 5.02 Å². The number of hydrogen-bond donors (Lipinski definition) is 1. The number of rotatable bonds is 2. The standard InChI is InChI=1S/C15H19ClN2O.ClH/c16-14-3-10-1-2-19-15(10)11(4-14)7-18-8-12-5-17-6-13(12)9-18;/h3-4,12-13,17H,1-2,5-9H2;1H/t12-,13+;. The molecule has 4 rings (SSSR count). The molecular weight excluding hydrogens is 295 g/mol. The van der Waals surface area contributed by atoms with E-state index >= 15 is 0 Å². The minimum absolute atomic E-state index is 0. The Bertz CT molecular complexity index is 497. The molecule has 5 heteroatoms. The highest BCUT2D eigenvalue weighted by Crippen LogP contribution is 2.35. The average Bonchev–Trinajstić information content (AvgIpc) is 3.02. The van der Waals surface area contributed by atoms with Gasteiger partial charge in [0, 0.05) is 36.6 Å². The van der Waals surface area contributed by atoms with Crippen molar-refractivity contribution in [2.75, 3.05) is 32.8 Å². The van der Waals surface area contributed by atoms with Crippen LogP contribution in [0.25, 0.3) is 0 Å². The Balaban J connectivity index is 0.00000121. The number of nitrogens with zero attached hydrogens (tertiary/aromatic N) is 1. The number of nitrogens with one attached hydrogen (secondary N) is 1. The van der Waals surface area contributed by atoms with Crippen LogP contribution >= 0.6 is 24.0 Å². The fourth-order valence-corrected chi connectivity index (χ4v) is 4.05. The Morgan fingerprint density at radius 2 is 2.00 bits per heavy atom. The summed E-state index contributed by atoms with van der Waals surface area (Å²) in [6.45, 7) is 6.57. The molecule has 3 heterocycles. The third-order valence-corrected chi connectivity index (χ3v) is 4.90. The number of benzene rings is 1. The van der Waals surface area contributed by atoms with E-state index in [1.165, 1.54) is 37.3 Å². The highest BCUT2D eigenvalue weighted by atomic mass is 35.5. The summed E-state index contributed by atoms with van der Waals surface area (Å²) in [6, 6.07) is 4.13. The van der Waals surface area contributed by atoms with Gasteiger partial charge in [0.2, 0.25) is 0 Å². The van der Waals surface area contributed by atoms with Crippen LogP contribution in [0, 0.1) is 11.8 Å². The van der Waals surface area contributed by atoms with Gasteiger partial charge in [0.25, 0.3) is 0 Å². The molecule has 20 heavy (non-hydrogen) atoms. The lowest BCUT2D eigenvalue weighted by molar-refractivity contribution is 0.294. The predicted octanol–water partition coefficient (Wildman–Crippen LogP) is 2.35. The van der Waals surface area contributed by atoms with E-state index in [1.807, 2.05) is 0 Å². The molecule has 0 saturated carbocycles. The van der Waals surface area contributed by atoms with Crippen molar-refractivity contribution in [1.29, 1.82) is 0 Å². The van der Waals surface area contributed by atoms with Gasteiger partial charge < -0.3 is 10.1 Å². The molecule has 0 radical (unpaired) electrons. The monoisotopic (exact) mass is 314 g/mol. The minimum Gasteiger partial charge on any atom is -0.493 e. The van der Waals surface area contributed by atoms with Gasteiger partial charge >= 0.3 is 0 Å². The highest BCUT2D eigenvalue weighted by molar-refractivity contribution is 6.30. The summed E-state index contributed by atoms with van der Waals surface area (Å²) in [4.78, 5) is 2.56. The largest absolute Gasteiger partial charge is 0.493 e. The molecule has 3 aliphatic rings. The molecule has 110 valence electrons. The van der Waals surface area contributed by atoms with Crippen LogP contribution in [0.3, 0.4) is 0 Å². The van der Waals surface area contributed by atoms with E-state index in [1.54, 1.807) is 0 Å². The van der Waals surface area contributed by atoms with E-state index in [0.717, 1.165) is 42.2 Å². The van der Waals surface area contributed by atoms with Crippen LogP contribution in [0.4, 0.5) is 0 Å². The van der Waals surface area contributed by atoms with Crippen molar-refractivity contribution in [1.82, 2.24) is 10.2 Å². The minimum atomic E-state index is 0. The van der Waals surface area contributed by atoms with E-state index in [9.17, 15) is 0 Å². The maximum atomic E-state index is 6.23. The molecule has 1 aromatic carbocycles. The molecule has 2 atom stereocenters. The van der Waals surface area contributed by atoms with E-state index in [0.29, 0.717) is 0 Å². The van der Waals surface area contributed by atoms with Gasteiger partial charge in [-0.15, -0.1) is 12.4 Å². The molecule has 3 nitrogen and oxygen atoms in total. The summed E-state index contributed by atoms with van der Waals surface area (Å²) in [5.41, 5.74) is 2.55. The van der Waals surface area contributed by atoms with Gasteiger partial charge in [-0.3, -0.25) is 4.90 Å². The third kappa shape index (κ3) is 2.52. The first-order valence-corrected chi connectivity index (χ1v) is 7.54. The summed E-state index contributed by atoms with van der Waals surface area (Å²) >= 11 is 6.23. The number of fused-ring (bicyclic) bond motifs is 2. The normalized spacial score (nSPS) is 27.9. The Labute approximate surface area is 131 Å². The van der Waals surface area contributed by atoms with Gasteiger partial charge in [-0.1, -0.05) is 11.6 Å². The quantitative estimate of drug-likeness (QED) is 0.907. The van der Waals surface area contributed by atoms with Crippen LogP contribution in [0.1, 0.15) is 11.1 Å². The van der Waals surface area contributed by atoms with Gasteiger partial charge in [0.05, 0.1) is 6.61 Å². The smallest absolute Gasteiger partial charge is 0.127 e. The van der Waals surface area contributed by atoms with Gasteiger partial charge in [-0.05, 0) is 42.6 Å². The number of likely N-dealkylation sites (tertiary alicyclic amines) is 1. The SMILES string of the molecule is Cl.Clc1cc2c(c(CN3C[C@H]4CNC[C@H]4C3)c1)OCC2. The van der Waals surface area contributed by atoms with Gasteiger partial charge in [-0.25, -0.2) is 0 Å². The second-order valence-electron chi connectivity index (χ2n) is 6.02.